The Labute approximate surface area is 186 Å². The number of nitrogens with two attached hydrogens (primary N) is 1. The molecule has 0 aliphatic carbocycles. The predicted octanol–water partition coefficient (Wildman–Crippen LogP) is 4.18. The molecule has 168 valence electrons. The molecule has 1 heterocycles. The maximum Gasteiger partial charge on any atom is 0.320 e. The van der Waals surface area contributed by atoms with E-state index in [9.17, 15) is 23.7 Å². The molecule has 2 atom stereocenters. The first kappa shape index (κ1) is 23.9. The first-order chi connectivity index (χ1) is 14.7. The first-order valence-corrected chi connectivity index (χ1v) is 12.4. The summed E-state index contributed by atoms with van der Waals surface area (Å²) in [4.78, 5) is 24.7. The van der Waals surface area contributed by atoms with E-state index in [0.29, 0.717) is 36.5 Å². The fraction of sp³-hybridized carbons (Fsp3) is 0.409. The summed E-state index contributed by atoms with van der Waals surface area (Å²) in [5.41, 5.74) is 7.80. The lowest BCUT2D eigenvalue weighted by Crippen LogP contribution is -2.53. The number of aliphatic carboxylic acids is 1. The Balaban J connectivity index is 1.90. The summed E-state index contributed by atoms with van der Waals surface area (Å²) in [6, 6.07) is 11.5. The molecule has 2 aromatic carbocycles. The Morgan fingerprint density at radius 2 is 1.94 bits per heavy atom. The Bertz CT molecular complexity index is 988. The van der Waals surface area contributed by atoms with Gasteiger partial charge in [0, 0.05) is 30.8 Å². The smallest absolute Gasteiger partial charge is 0.320 e. The lowest BCUT2D eigenvalue weighted by Gasteiger charge is -2.43. The number of unbranched alkanes of at least 4 members (excludes halogenated alkanes) is 1. The Hall–Kier alpha value is -1.76. The van der Waals surface area contributed by atoms with E-state index in [1.54, 1.807) is 30.3 Å². The fourth-order valence-electron chi connectivity index (χ4n) is 4.15. The van der Waals surface area contributed by atoms with Crippen LogP contribution < -0.4 is 5.73 Å². The van der Waals surface area contributed by atoms with Crippen molar-refractivity contribution in [3.63, 3.8) is 0 Å². The summed E-state index contributed by atoms with van der Waals surface area (Å²) in [6.07, 6.45) is 1.05. The second-order valence-electron chi connectivity index (χ2n) is 8.03. The van der Waals surface area contributed by atoms with Crippen LogP contribution in [0.3, 0.4) is 0 Å². The predicted molar refractivity (Wildman–Crippen MR) is 120 cm³/mol. The average Bonchev–Trinajstić information content (AvgIpc) is 2.72. The highest BCUT2D eigenvalue weighted by atomic mass is 35.5. The maximum atomic E-state index is 14.0. The van der Waals surface area contributed by atoms with Gasteiger partial charge in [-0.15, -0.1) is 0 Å². The summed E-state index contributed by atoms with van der Waals surface area (Å²) < 4.78 is 26.9. The van der Waals surface area contributed by atoms with E-state index >= 15 is 0 Å². The molecule has 4 N–H and O–H groups in total. The highest BCUT2D eigenvalue weighted by Gasteiger charge is 2.56. The summed E-state index contributed by atoms with van der Waals surface area (Å²) in [5.74, 6) is -1.63. The molecule has 0 saturated carbocycles. The molecule has 0 radical (unpaired) electrons. The Kier molecular flexibility index (Phi) is 7.55. The van der Waals surface area contributed by atoms with Crippen molar-refractivity contribution < 1.29 is 23.7 Å². The number of rotatable bonds is 8. The number of halogens is 2. The van der Waals surface area contributed by atoms with Gasteiger partial charge >= 0.3 is 5.97 Å². The number of carbonyl (C=O) groups is 1. The third-order valence-electron chi connectivity index (χ3n) is 5.94. The SMILES string of the molecule is NCCCC[C@@]1(C(=O)O)CN(Cc2ccc(F)cc2-c2ccc(Cl)cc2)CCP1(=O)O. The van der Waals surface area contributed by atoms with Gasteiger partial charge in [0.2, 0.25) is 7.37 Å². The number of benzene rings is 2. The zero-order valence-corrected chi connectivity index (χ0v) is 18.8. The van der Waals surface area contributed by atoms with Crippen LogP contribution >= 0.6 is 19.0 Å². The minimum absolute atomic E-state index is 0.0435. The van der Waals surface area contributed by atoms with E-state index in [1.807, 2.05) is 4.90 Å². The number of hydrogen-bond acceptors (Lipinski definition) is 4. The van der Waals surface area contributed by atoms with Crippen molar-refractivity contribution in [2.75, 3.05) is 25.8 Å². The van der Waals surface area contributed by atoms with E-state index in [4.69, 9.17) is 17.3 Å². The molecule has 6 nitrogen and oxygen atoms in total. The molecule has 0 amide bonds. The molecule has 9 heteroatoms. The van der Waals surface area contributed by atoms with Gasteiger partial charge < -0.3 is 15.7 Å². The van der Waals surface area contributed by atoms with Gasteiger partial charge in [0.1, 0.15) is 5.82 Å². The van der Waals surface area contributed by atoms with Crippen molar-refractivity contribution in [3.05, 3.63) is 58.9 Å². The molecule has 1 unspecified atom stereocenters. The molecule has 1 aliphatic heterocycles. The summed E-state index contributed by atoms with van der Waals surface area (Å²) in [7, 11) is -3.91. The number of carboxylic acids is 1. The molecule has 1 saturated heterocycles. The van der Waals surface area contributed by atoms with E-state index in [-0.39, 0.29) is 31.5 Å². The van der Waals surface area contributed by atoms with Gasteiger partial charge in [0.15, 0.2) is 5.16 Å². The van der Waals surface area contributed by atoms with Crippen LogP contribution in [0.25, 0.3) is 11.1 Å². The molecule has 1 aliphatic rings. The highest BCUT2D eigenvalue weighted by molar-refractivity contribution is 7.61. The molecule has 2 aromatic rings. The number of carboxylic acid groups (broad SMARTS) is 1. The van der Waals surface area contributed by atoms with E-state index in [0.717, 1.165) is 11.1 Å². The van der Waals surface area contributed by atoms with Crippen molar-refractivity contribution in [1.29, 1.82) is 0 Å². The molecule has 31 heavy (non-hydrogen) atoms. The Morgan fingerprint density at radius 3 is 2.58 bits per heavy atom. The van der Waals surface area contributed by atoms with Gasteiger partial charge in [-0.25, -0.2) is 4.39 Å². The quantitative estimate of drug-likeness (QED) is 0.396. The van der Waals surface area contributed by atoms with Crippen molar-refractivity contribution in [2.45, 2.75) is 31.0 Å². The molecule has 0 bridgehead atoms. The third kappa shape index (κ3) is 5.18. The second-order valence-corrected chi connectivity index (χ2v) is 11.2. The van der Waals surface area contributed by atoms with Crippen LogP contribution in [0.1, 0.15) is 24.8 Å². The lowest BCUT2D eigenvalue weighted by atomic mass is 9.97. The van der Waals surface area contributed by atoms with Gasteiger partial charge in [-0.2, -0.15) is 0 Å². The van der Waals surface area contributed by atoms with Gasteiger partial charge in [-0.1, -0.05) is 36.2 Å². The van der Waals surface area contributed by atoms with Crippen LogP contribution in [0.15, 0.2) is 42.5 Å². The monoisotopic (exact) mass is 468 g/mol. The molecular formula is C22H27ClFN2O4P. The van der Waals surface area contributed by atoms with Crippen molar-refractivity contribution in [2.24, 2.45) is 5.73 Å². The molecule has 0 aromatic heterocycles. The van der Waals surface area contributed by atoms with Crippen LogP contribution in [-0.2, 0) is 15.9 Å². The third-order valence-corrected chi connectivity index (χ3v) is 8.89. The minimum atomic E-state index is -3.91. The standard InChI is InChI=1S/C22H27ClFN2O4P/c23-18-6-3-16(4-7-18)20-13-19(24)8-5-17(20)14-26-11-12-31(29,30)22(15-26,21(27)28)9-1-2-10-25/h3-8,13H,1-2,9-12,14-15,25H2,(H,27,28)(H,29,30)/t22-/m0/s1. The number of hydrogen-bond donors (Lipinski definition) is 3. The van der Waals surface area contributed by atoms with Crippen molar-refractivity contribution in [1.82, 2.24) is 4.90 Å². The van der Waals surface area contributed by atoms with Crippen molar-refractivity contribution >= 4 is 24.9 Å². The van der Waals surface area contributed by atoms with Crippen LogP contribution in [0.2, 0.25) is 5.02 Å². The summed E-state index contributed by atoms with van der Waals surface area (Å²) >= 11 is 5.97. The van der Waals surface area contributed by atoms with Crippen molar-refractivity contribution in [3.8, 4) is 11.1 Å². The van der Waals surface area contributed by atoms with Gasteiger partial charge in [0.05, 0.1) is 0 Å². The maximum absolute atomic E-state index is 14.0. The van der Waals surface area contributed by atoms with Crippen LogP contribution in [-0.4, -0.2) is 51.8 Å². The molecule has 1 fully saturated rings. The zero-order chi connectivity index (χ0) is 22.6. The molecular weight excluding hydrogens is 442 g/mol. The van der Waals surface area contributed by atoms with Crippen LogP contribution in [0, 0.1) is 5.82 Å². The Morgan fingerprint density at radius 1 is 1.23 bits per heavy atom. The minimum Gasteiger partial charge on any atom is -0.480 e. The molecule has 0 spiro atoms. The van der Waals surface area contributed by atoms with Gasteiger partial charge in [-0.05, 0) is 60.3 Å². The van der Waals surface area contributed by atoms with E-state index in [2.05, 4.69) is 0 Å². The normalized spacial score (nSPS) is 24.3. The van der Waals surface area contributed by atoms with Gasteiger partial charge in [-0.3, -0.25) is 14.3 Å². The fourth-order valence-corrected chi connectivity index (χ4v) is 6.49. The lowest BCUT2D eigenvalue weighted by molar-refractivity contribution is -0.141. The van der Waals surface area contributed by atoms with E-state index < -0.39 is 18.5 Å². The number of nitrogens with zero attached hydrogens (tertiary/aromatic N) is 1. The molecule has 3 rings (SSSR count). The van der Waals surface area contributed by atoms with Crippen LogP contribution in [0.5, 0.6) is 0 Å². The first-order valence-electron chi connectivity index (χ1n) is 10.2. The zero-order valence-electron chi connectivity index (χ0n) is 17.1. The highest BCUT2D eigenvalue weighted by Crippen LogP contribution is 2.59. The topological polar surface area (TPSA) is 104 Å². The van der Waals surface area contributed by atoms with Gasteiger partial charge in [0.25, 0.3) is 0 Å². The van der Waals surface area contributed by atoms with Crippen LogP contribution in [0.4, 0.5) is 4.39 Å². The summed E-state index contributed by atoms with van der Waals surface area (Å²) in [6.45, 7) is 0.981. The van der Waals surface area contributed by atoms with E-state index in [1.165, 1.54) is 12.1 Å². The largest absolute Gasteiger partial charge is 0.480 e. The summed E-state index contributed by atoms with van der Waals surface area (Å²) in [5, 5.41) is 8.80. The average molecular weight is 469 g/mol. The second kappa shape index (κ2) is 9.80.